The second-order valence-corrected chi connectivity index (χ2v) is 11.8. The van der Waals surface area contributed by atoms with Crippen molar-refractivity contribution in [1.29, 1.82) is 0 Å². The van der Waals surface area contributed by atoms with Crippen LogP contribution in [-0.2, 0) is 4.79 Å². The van der Waals surface area contributed by atoms with Crippen molar-refractivity contribution in [3.8, 4) is 0 Å². The lowest BCUT2D eigenvalue weighted by atomic mass is 9.90. The molecule has 1 fully saturated rings. The maximum atomic E-state index is 14.1. The summed E-state index contributed by atoms with van der Waals surface area (Å²) < 4.78 is 13.6. The van der Waals surface area contributed by atoms with E-state index < -0.39 is 0 Å². The maximum Gasteiger partial charge on any atom is 0.239 e. The number of hydrogen-bond donors (Lipinski definition) is 1. The number of halogens is 1. The number of ketones is 1. The highest BCUT2D eigenvalue weighted by Gasteiger charge is 2.33. The molecule has 4 aromatic carbocycles. The first-order chi connectivity index (χ1) is 21.4. The van der Waals surface area contributed by atoms with Gasteiger partial charge >= 0.3 is 0 Å². The first-order valence-corrected chi connectivity index (χ1v) is 16.0. The SMILES string of the molecule is CCN(CC)CC[C@@H]1N[C@H](CCC(=O)c2ccc3cc(F)ccc3c2)CCN(CC(c2ccccc2)c2ccccc2)C1=O. The number of carbonyl (C=O) groups is 2. The quantitative estimate of drug-likeness (QED) is 0.169. The molecule has 6 heteroatoms. The molecular formula is C38H44FN3O2. The van der Waals surface area contributed by atoms with Gasteiger partial charge in [-0.1, -0.05) is 92.7 Å². The number of Topliss-reactive ketones (excluding diaryl/α,β-unsaturated/α-hetero) is 1. The van der Waals surface area contributed by atoms with Gasteiger partial charge in [-0.05, 0) is 72.5 Å². The third-order valence-electron chi connectivity index (χ3n) is 9.07. The van der Waals surface area contributed by atoms with Crippen LogP contribution in [0.2, 0.25) is 0 Å². The molecule has 1 aliphatic heterocycles. The smallest absolute Gasteiger partial charge is 0.239 e. The van der Waals surface area contributed by atoms with Gasteiger partial charge in [-0.2, -0.15) is 0 Å². The van der Waals surface area contributed by atoms with Crippen molar-refractivity contribution in [2.75, 3.05) is 32.7 Å². The van der Waals surface area contributed by atoms with E-state index in [1.54, 1.807) is 12.1 Å². The van der Waals surface area contributed by atoms with Crippen LogP contribution in [-0.4, -0.2) is 66.3 Å². The van der Waals surface area contributed by atoms with Crippen molar-refractivity contribution in [2.24, 2.45) is 0 Å². The molecule has 230 valence electrons. The lowest BCUT2D eigenvalue weighted by Crippen LogP contribution is -2.48. The number of nitrogens with one attached hydrogen (secondary N) is 1. The van der Waals surface area contributed by atoms with E-state index in [1.165, 1.54) is 23.3 Å². The Hall–Kier alpha value is -3.87. The number of amides is 1. The predicted octanol–water partition coefficient (Wildman–Crippen LogP) is 7.06. The topological polar surface area (TPSA) is 52.7 Å². The number of benzene rings is 4. The van der Waals surface area contributed by atoms with Crippen LogP contribution < -0.4 is 5.32 Å². The van der Waals surface area contributed by atoms with Crippen LogP contribution in [0.5, 0.6) is 0 Å². The highest BCUT2D eigenvalue weighted by molar-refractivity contribution is 6.00. The number of rotatable bonds is 13. The summed E-state index contributed by atoms with van der Waals surface area (Å²) in [6.07, 6.45) is 2.56. The number of hydrogen-bond acceptors (Lipinski definition) is 4. The van der Waals surface area contributed by atoms with Crippen LogP contribution in [0, 0.1) is 5.82 Å². The molecule has 0 saturated carbocycles. The molecule has 1 saturated heterocycles. The maximum absolute atomic E-state index is 14.1. The molecule has 44 heavy (non-hydrogen) atoms. The third kappa shape index (κ3) is 7.99. The van der Waals surface area contributed by atoms with Crippen molar-refractivity contribution in [2.45, 2.75) is 57.5 Å². The molecule has 0 bridgehead atoms. The molecule has 2 atom stereocenters. The Morgan fingerprint density at radius 2 is 1.52 bits per heavy atom. The molecule has 0 radical (unpaired) electrons. The van der Waals surface area contributed by atoms with Crippen molar-refractivity contribution in [3.63, 3.8) is 0 Å². The third-order valence-corrected chi connectivity index (χ3v) is 9.07. The van der Waals surface area contributed by atoms with Gasteiger partial charge in [0.1, 0.15) is 5.82 Å². The second kappa shape index (κ2) is 15.2. The molecule has 5 rings (SSSR count). The van der Waals surface area contributed by atoms with Gasteiger partial charge in [0.2, 0.25) is 5.91 Å². The molecule has 1 N–H and O–H groups in total. The predicted molar refractivity (Wildman–Crippen MR) is 177 cm³/mol. The normalized spacial score (nSPS) is 17.4. The fourth-order valence-corrected chi connectivity index (χ4v) is 6.38. The van der Waals surface area contributed by atoms with Crippen molar-refractivity contribution >= 4 is 22.5 Å². The fraction of sp³-hybridized carbons (Fsp3) is 0.368. The van der Waals surface area contributed by atoms with E-state index >= 15 is 0 Å². The first-order valence-electron chi connectivity index (χ1n) is 16.0. The van der Waals surface area contributed by atoms with Crippen LogP contribution in [0.1, 0.15) is 66.9 Å². The molecule has 0 aromatic heterocycles. The van der Waals surface area contributed by atoms with Gasteiger partial charge in [0.05, 0.1) is 6.04 Å². The zero-order valence-corrected chi connectivity index (χ0v) is 25.9. The molecule has 0 spiro atoms. The molecule has 4 aromatic rings. The lowest BCUT2D eigenvalue weighted by molar-refractivity contribution is -0.133. The van der Waals surface area contributed by atoms with Crippen LogP contribution in [0.15, 0.2) is 97.1 Å². The molecule has 0 unspecified atom stereocenters. The van der Waals surface area contributed by atoms with E-state index in [9.17, 15) is 14.0 Å². The first kappa shape index (κ1) is 31.6. The van der Waals surface area contributed by atoms with Crippen molar-refractivity contribution in [3.05, 3.63) is 120 Å². The summed E-state index contributed by atoms with van der Waals surface area (Å²) in [5, 5.41) is 5.32. The Balaban J connectivity index is 1.32. The lowest BCUT2D eigenvalue weighted by Gasteiger charge is -2.30. The zero-order valence-electron chi connectivity index (χ0n) is 25.9. The highest BCUT2D eigenvalue weighted by Crippen LogP contribution is 2.27. The molecule has 1 heterocycles. The molecule has 5 nitrogen and oxygen atoms in total. The van der Waals surface area contributed by atoms with E-state index in [0.29, 0.717) is 31.5 Å². The monoisotopic (exact) mass is 593 g/mol. The Bertz CT molecular complexity index is 1480. The summed E-state index contributed by atoms with van der Waals surface area (Å²) in [5.74, 6) is 0.00118. The largest absolute Gasteiger partial charge is 0.340 e. The van der Waals surface area contributed by atoms with E-state index in [0.717, 1.165) is 43.2 Å². The van der Waals surface area contributed by atoms with E-state index in [-0.39, 0.29) is 35.5 Å². The van der Waals surface area contributed by atoms with Crippen LogP contribution >= 0.6 is 0 Å². The van der Waals surface area contributed by atoms with Crippen molar-refractivity contribution in [1.82, 2.24) is 15.1 Å². The van der Waals surface area contributed by atoms with Gasteiger partial charge < -0.3 is 15.1 Å². The number of carbonyl (C=O) groups excluding carboxylic acids is 2. The summed E-state index contributed by atoms with van der Waals surface area (Å²) in [4.78, 5) is 31.8. The standard InChI is InChI=1S/C38H44FN3O2/c1-3-41(4-2)23-22-36-38(44)42(27-35(28-11-7-5-8-12-28)29-13-9-6-10-14-29)24-21-34(40-36)19-20-37(43)32-16-15-31-26-33(39)18-17-30(31)25-32/h5-18,25-26,34-36,40H,3-4,19-24,27H2,1-2H3/t34-,36+/m1/s1. The van der Waals surface area contributed by atoms with Gasteiger partial charge in [-0.25, -0.2) is 4.39 Å². The average Bonchev–Trinajstić information content (AvgIpc) is 3.21. The van der Waals surface area contributed by atoms with Crippen LogP contribution in [0.25, 0.3) is 10.8 Å². The van der Waals surface area contributed by atoms with Gasteiger partial charge in [0, 0.05) is 43.6 Å². The van der Waals surface area contributed by atoms with Gasteiger partial charge in [0.25, 0.3) is 0 Å². The molecule has 1 aliphatic rings. The molecular weight excluding hydrogens is 549 g/mol. The van der Waals surface area contributed by atoms with Crippen LogP contribution in [0.3, 0.4) is 0 Å². The minimum absolute atomic E-state index is 0.0519. The summed E-state index contributed by atoms with van der Waals surface area (Å²) >= 11 is 0. The Kier molecular flexibility index (Phi) is 10.9. The van der Waals surface area contributed by atoms with E-state index in [1.807, 2.05) is 24.3 Å². The zero-order chi connectivity index (χ0) is 30.9. The highest BCUT2D eigenvalue weighted by atomic mass is 19.1. The minimum Gasteiger partial charge on any atom is -0.340 e. The van der Waals surface area contributed by atoms with Gasteiger partial charge in [-0.15, -0.1) is 0 Å². The van der Waals surface area contributed by atoms with Crippen LogP contribution in [0.4, 0.5) is 4.39 Å². The summed E-state index contributed by atoms with van der Waals surface area (Å²) in [7, 11) is 0. The average molecular weight is 594 g/mol. The minimum atomic E-state index is -0.305. The fourth-order valence-electron chi connectivity index (χ4n) is 6.38. The Morgan fingerprint density at radius 1 is 0.886 bits per heavy atom. The molecule has 0 aliphatic carbocycles. The summed E-state index contributed by atoms with van der Waals surface area (Å²) in [6.45, 7) is 8.29. The Morgan fingerprint density at radius 3 is 2.18 bits per heavy atom. The molecule has 1 amide bonds. The summed E-state index contributed by atoms with van der Waals surface area (Å²) in [5.41, 5.74) is 3.04. The number of nitrogens with zero attached hydrogens (tertiary/aromatic N) is 2. The Labute approximate surface area is 261 Å². The van der Waals surface area contributed by atoms with Gasteiger partial charge in [0.15, 0.2) is 5.78 Å². The second-order valence-electron chi connectivity index (χ2n) is 11.8. The van der Waals surface area contributed by atoms with Crippen molar-refractivity contribution < 1.29 is 14.0 Å². The van der Waals surface area contributed by atoms with E-state index in [4.69, 9.17) is 0 Å². The van der Waals surface area contributed by atoms with Gasteiger partial charge in [-0.3, -0.25) is 9.59 Å². The number of fused-ring (bicyclic) bond motifs is 1. The summed E-state index contributed by atoms with van der Waals surface area (Å²) in [6, 6.07) is 30.7. The van der Waals surface area contributed by atoms with E-state index in [2.05, 4.69) is 77.5 Å².